The summed E-state index contributed by atoms with van der Waals surface area (Å²) in [7, 11) is -3.44. The zero-order chi connectivity index (χ0) is 17.7. The van der Waals surface area contributed by atoms with Crippen LogP contribution in [0.2, 0.25) is 0 Å². The molecular weight excluding hydrogens is 324 g/mol. The van der Waals surface area contributed by atoms with Crippen LogP contribution in [0.4, 0.5) is 0 Å². The Morgan fingerprint density at radius 1 is 1.21 bits per heavy atom. The zero-order valence-corrected chi connectivity index (χ0v) is 15.6. The molecule has 6 heteroatoms. The maximum atomic E-state index is 12.7. The number of nitrogens with one attached hydrogen (secondary N) is 1. The van der Waals surface area contributed by atoms with Crippen molar-refractivity contribution >= 4 is 15.9 Å². The molecular formula is C18H28N2O3S. The molecule has 1 aliphatic heterocycles. The average Bonchev–Trinajstić information content (AvgIpc) is 2.54. The molecule has 0 atom stereocenters. The van der Waals surface area contributed by atoms with E-state index >= 15 is 0 Å². The second-order valence-corrected chi connectivity index (χ2v) is 8.78. The summed E-state index contributed by atoms with van der Waals surface area (Å²) >= 11 is 0. The van der Waals surface area contributed by atoms with Crippen molar-refractivity contribution in [2.75, 3.05) is 13.1 Å². The third-order valence-corrected chi connectivity index (χ3v) is 6.29. The van der Waals surface area contributed by atoms with E-state index in [4.69, 9.17) is 0 Å². The second kappa shape index (κ2) is 8.12. The maximum absolute atomic E-state index is 12.7. The normalized spacial score (nSPS) is 17.2. The summed E-state index contributed by atoms with van der Waals surface area (Å²) in [4.78, 5) is 12.2. The molecule has 134 valence electrons. The van der Waals surface area contributed by atoms with Gasteiger partial charge in [0.1, 0.15) is 0 Å². The first-order valence-electron chi connectivity index (χ1n) is 8.71. The molecule has 0 aromatic heterocycles. The Hall–Kier alpha value is -1.40. The molecule has 0 radical (unpaired) electrons. The fraction of sp³-hybridized carbons (Fsp3) is 0.611. The maximum Gasteiger partial charge on any atom is 0.243 e. The minimum absolute atomic E-state index is 0.0569. The molecule has 1 heterocycles. The van der Waals surface area contributed by atoms with E-state index in [0.717, 1.165) is 12.0 Å². The fourth-order valence-corrected chi connectivity index (χ4v) is 4.41. The van der Waals surface area contributed by atoms with Gasteiger partial charge in [-0.05, 0) is 42.9 Å². The zero-order valence-electron chi connectivity index (χ0n) is 14.8. The Balaban J connectivity index is 1.94. The van der Waals surface area contributed by atoms with Crippen LogP contribution in [-0.4, -0.2) is 37.8 Å². The highest BCUT2D eigenvalue weighted by molar-refractivity contribution is 7.89. The summed E-state index contributed by atoms with van der Waals surface area (Å²) < 4.78 is 26.9. The minimum Gasteiger partial charge on any atom is -0.353 e. The number of hydrogen-bond donors (Lipinski definition) is 1. The van der Waals surface area contributed by atoms with E-state index in [1.54, 1.807) is 12.1 Å². The standard InChI is InChI=1S/C18H28N2O3S/c1-4-15-5-7-17(8-6-15)24(22,23)20-11-9-16(10-12-20)19-18(21)13-14(2)3/h5-8,14,16H,4,9-13H2,1-3H3,(H,19,21). The van der Waals surface area contributed by atoms with Crippen LogP contribution in [0.3, 0.4) is 0 Å². The summed E-state index contributed by atoms with van der Waals surface area (Å²) in [6.45, 7) is 6.97. The molecule has 1 amide bonds. The largest absolute Gasteiger partial charge is 0.353 e. The van der Waals surface area contributed by atoms with Crippen molar-refractivity contribution in [1.82, 2.24) is 9.62 Å². The molecule has 1 aromatic rings. The SMILES string of the molecule is CCc1ccc(S(=O)(=O)N2CCC(NC(=O)CC(C)C)CC2)cc1. The number of nitrogens with zero attached hydrogens (tertiary/aromatic N) is 1. The van der Waals surface area contributed by atoms with Crippen molar-refractivity contribution in [2.45, 2.75) is 57.4 Å². The van der Waals surface area contributed by atoms with Gasteiger partial charge in [-0.2, -0.15) is 4.31 Å². The number of piperidine rings is 1. The third kappa shape index (κ3) is 4.80. The van der Waals surface area contributed by atoms with E-state index in [0.29, 0.717) is 43.2 Å². The predicted molar refractivity (Wildman–Crippen MR) is 95.2 cm³/mol. The molecule has 1 fully saturated rings. The summed E-state index contributed by atoms with van der Waals surface area (Å²) in [6, 6.07) is 7.18. The van der Waals surface area contributed by atoms with Crippen LogP contribution in [0.25, 0.3) is 0 Å². The van der Waals surface area contributed by atoms with E-state index in [1.807, 2.05) is 32.9 Å². The summed E-state index contributed by atoms with van der Waals surface area (Å²) in [5, 5.41) is 3.02. The van der Waals surface area contributed by atoms with Crippen LogP contribution in [0, 0.1) is 5.92 Å². The topological polar surface area (TPSA) is 66.5 Å². The molecule has 0 spiro atoms. The Labute approximate surface area is 145 Å². The van der Waals surface area contributed by atoms with Gasteiger partial charge in [-0.1, -0.05) is 32.9 Å². The first-order valence-corrected chi connectivity index (χ1v) is 10.2. The van der Waals surface area contributed by atoms with Crippen molar-refractivity contribution in [3.8, 4) is 0 Å². The van der Waals surface area contributed by atoms with E-state index in [1.165, 1.54) is 4.31 Å². The highest BCUT2D eigenvalue weighted by atomic mass is 32.2. The predicted octanol–water partition coefficient (Wildman–Crippen LogP) is 2.56. The first kappa shape index (κ1) is 18.9. The van der Waals surface area contributed by atoms with Crippen LogP contribution in [0.1, 0.15) is 45.6 Å². The fourth-order valence-electron chi connectivity index (χ4n) is 2.94. The molecule has 0 bridgehead atoms. The highest BCUT2D eigenvalue weighted by Crippen LogP contribution is 2.21. The van der Waals surface area contributed by atoms with Gasteiger partial charge in [0.05, 0.1) is 4.90 Å². The van der Waals surface area contributed by atoms with Crippen LogP contribution >= 0.6 is 0 Å². The molecule has 24 heavy (non-hydrogen) atoms. The molecule has 0 aliphatic carbocycles. The number of carbonyl (C=O) groups excluding carboxylic acids is 1. The van der Waals surface area contributed by atoms with Crippen LogP contribution in [0.5, 0.6) is 0 Å². The van der Waals surface area contributed by atoms with Crippen molar-refractivity contribution in [1.29, 1.82) is 0 Å². The summed E-state index contributed by atoms with van der Waals surface area (Å²) in [6.07, 6.45) is 2.73. The summed E-state index contributed by atoms with van der Waals surface area (Å²) in [5.74, 6) is 0.387. The van der Waals surface area contributed by atoms with E-state index in [2.05, 4.69) is 5.32 Å². The lowest BCUT2D eigenvalue weighted by atomic mass is 10.1. The third-order valence-electron chi connectivity index (χ3n) is 4.38. The van der Waals surface area contributed by atoms with Crippen LogP contribution in [0.15, 0.2) is 29.2 Å². The van der Waals surface area contributed by atoms with Crippen LogP contribution < -0.4 is 5.32 Å². The number of amides is 1. The van der Waals surface area contributed by atoms with Gasteiger partial charge < -0.3 is 5.32 Å². The smallest absolute Gasteiger partial charge is 0.243 e. The molecule has 0 unspecified atom stereocenters. The Morgan fingerprint density at radius 3 is 2.29 bits per heavy atom. The number of hydrogen-bond acceptors (Lipinski definition) is 3. The average molecular weight is 353 g/mol. The molecule has 1 aromatic carbocycles. The van der Waals surface area contributed by atoms with Crippen molar-refractivity contribution in [3.63, 3.8) is 0 Å². The first-order chi connectivity index (χ1) is 11.3. The summed E-state index contributed by atoms with van der Waals surface area (Å²) in [5.41, 5.74) is 1.13. The second-order valence-electron chi connectivity index (χ2n) is 6.84. The van der Waals surface area contributed by atoms with Gasteiger partial charge in [0.15, 0.2) is 0 Å². The van der Waals surface area contributed by atoms with E-state index in [-0.39, 0.29) is 11.9 Å². The lowest BCUT2D eigenvalue weighted by molar-refractivity contribution is -0.122. The van der Waals surface area contributed by atoms with Gasteiger partial charge in [0, 0.05) is 25.6 Å². The molecule has 2 rings (SSSR count). The number of aryl methyl sites for hydroxylation is 1. The van der Waals surface area contributed by atoms with Crippen molar-refractivity contribution < 1.29 is 13.2 Å². The lowest BCUT2D eigenvalue weighted by Crippen LogP contribution is -2.46. The van der Waals surface area contributed by atoms with Gasteiger partial charge in [0.25, 0.3) is 0 Å². The van der Waals surface area contributed by atoms with Gasteiger partial charge in [-0.15, -0.1) is 0 Å². The number of carbonyl (C=O) groups is 1. The molecule has 1 aliphatic rings. The molecule has 1 N–H and O–H groups in total. The minimum atomic E-state index is -3.44. The monoisotopic (exact) mass is 352 g/mol. The Bertz CT molecular complexity index is 645. The van der Waals surface area contributed by atoms with Gasteiger partial charge in [-0.3, -0.25) is 4.79 Å². The van der Waals surface area contributed by atoms with Crippen LogP contribution in [-0.2, 0) is 21.2 Å². The molecule has 5 nitrogen and oxygen atoms in total. The Kier molecular flexibility index (Phi) is 6.40. The van der Waals surface area contributed by atoms with Crippen molar-refractivity contribution in [2.24, 2.45) is 5.92 Å². The van der Waals surface area contributed by atoms with Gasteiger partial charge in [-0.25, -0.2) is 8.42 Å². The molecule has 1 saturated heterocycles. The molecule has 0 saturated carbocycles. The van der Waals surface area contributed by atoms with E-state index in [9.17, 15) is 13.2 Å². The van der Waals surface area contributed by atoms with Gasteiger partial charge >= 0.3 is 0 Å². The van der Waals surface area contributed by atoms with Gasteiger partial charge in [0.2, 0.25) is 15.9 Å². The quantitative estimate of drug-likeness (QED) is 0.856. The van der Waals surface area contributed by atoms with Crippen molar-refractivity contribution in [3.05, 3.63) is 29.8 Å². The Morgan fingerprint density at radius 2 is 1.79 bits per heavy atom. The highest BCUT2D eigenvalue weighted by Gasteiger charge is 2.29. The lowest BCUT2D eigenvalue weighted by Gasteiger charge is -2.31. The number of benzene rings is 1. The van der Waals surface area contributed by atoms with E-state index < -0.39 is 10.0 Å². The number of rotatable bonds is 6. The number of sulfonamides is 1.